The van der Waals surface area contributed by atoms with Crippen molar-refractivity contribution in [1.82, 2.24) is 0 Å². The SMILES string of the molecule is N=C1S[C@@H](c2ccccc2)CC(=O)N1c1ccccc1. The monoisotopic (exact) mass is 282 g/mol. The third-order valence-corrected chi connectivity index (χ3v) is 4.38. The van der Waals surface area contributed by atoms with Gasteiger partial charge in [0.25, 0.3) is 0 Å². The fourth-order valence-corrected chi connectivity index (χ4v) is 3.39. The van der Waals surface area contributed by atoms with Crippen molar-refractivity contribution >= 4 is 28.5 Å². The minimum Gasteiger partial charge on any atom is -0.278 e. The van der Waals surface area contributed by atoms with E-state index in [1.165, 1.54) is 16.7 Å². The number of amides is 1. The number of benzene rings is 2. The van der Waals surface area contributed by atoms with Crippen molar-refractivity contribution in [2.45, 2.75) is 11.7 Å². The number of hydrogen-bond donors (Lipinski definition) is 1. The molecule has 1 fully saturated rings. The maximum Gasteiger partial charge on any atom is 0.234 e. The van der Waals surface area contributed by atoms with Crippen LogP contribution in [-0.4, -0.2) is 11.1 Å². The lowest BCUT2D eigenvalue weighted by atomic mass is 10.1. The fourth-order valence-electron chi connectivity index (χ4n) is 2.28. The number of nitrogens with one attached hydrogen (secondary N) is 1. The van der Waals surface area contributed by atoms with Crippen LogP contribution >= 0.6 is 11.8 Å². The largest absolute Gasteiger partial charge is 0.278 e. The van der Waals surface area contributed by atoms with Crippen molar-refractivity contribution in [1.29, 1.82) is 5.41 Å². The number of carbonyl (C=O) groups excluding carboxylic acids is 1. The quantitative estimate of drug-likeness (QED) is 0.909. The summed E-state index contributed by atoms with van der Waals surface area (Å²) < 4.78 is 0. The van der Waals surface area contributed by atoms with Gasteiger partial charge in [0, 0.05) is 11.7 Å². The number of hydrogen-bond acceptors (Lipinski definition) is 3. The molecule has 100 valence electrons. The molecule has 0 aliphatic carbocycles. The van der Waals surface area contributed by atoms with Crippen LogP contribution in [-0.2, 0) is 4.79 Å². The summed E-state index contributed by atoms with van der Waals surface area (Å²) in [5, 5.41) is 8.49. The minimum absolute atomic E-state index is 0.0196. The number of para-hydroxylation sites is 1. The molecule has 1 amide bonds. The number of nitrogens with zero attached hydrogens (tertiary/aromatic N) is 1. The molecule has 0 radical (unpaired) electrons. The van der Waals surface area contributed by atoms with Crippen LogP contribution < -0.4 is 4.90 Å². The van der Waals surface area contributed by atoms with Crippen LogP contribution in [0.15, 0.2) is 60.7 Å². The van der Waals surface area contributed by atoms with Crippen molar-refractivity contribution in [3.05, 3.63) is 66.2 Å². The van der Waals surface area contributed by atoms with Gasteiger partial charge in [0.1, 0.15) is 0 Å². The molecule has 0 aromatic heterocycles. The van der Waals surface area contributed by atoms with Gasteiger partial charge in [-0.05, 0) is 17.7 Å². The predicted molar refractivity (Wildman–Crippen MR) is 83.0 cm³/mol. The standard InChI is InChI=1S/C16H14N2OS/c17-16-18(13-9-5-2-6-10-13)15(19)11-14(20-16)12-7-3-1-4-8-12/h1-10,14,17H,11H2/t14-/m1/s1. The topological polar surface area (TPSA) is 44.2 Å². The summed E-state index contributed by atoms with van der Waals surface area (Å²) in [6.45, 7) is 0. The molecule has 20 heavy (non-hydrogen) atoms. The van der Waals surface area contributed by atoms with Crippen molar-refractivity contribution in [3.63, 3.8) is 0 Å². The number of anilines is 1. The Morgan fingerprint density at radius 2 is 1.60 bits per heavy atom. The molecule has 1 atom stereocenters. The summed E-state index contributed by atoms with van der Waals surface area (Å²) in [7, 11) is 0. The smallest absolute Gasteiger partial charge is 0.234 e. The second kappa shape index (κ2) is 5.51. The summed E-state index contributed by atoms with van der Waals surface area (Å²) in [6.07, 6.45) is 0.423. The molecule has 4 heteroatoms. The van der Waals surface area contributed by atoms with Crippen LogP contribution in [0.25, 0.3) is 0 Å². The van der Waals surface area contributed by atoms with Gasteiger partial charge in [-0.15, -0.1) is 0 Å². The van der Waals surface area contributed by atoms with Gasteiger partial charge in [0.15, 0.2) is 5.17 Å². The van der Waals surface area contributed by atoms with Crippen molar-refractivity contribution in [3.8, 4) is 0 Å². The van der Waals surface area contributed by atoms with E-state index in [9.17, 15) is 4.79 Å². The summed E-state index contributed by atoms with van der Waals surface area (Å²) in [5.74, 6) is -0.0196. The van der Waals surface area contributed by atoms with E-state index in [1.807, 2.05) is 60.7 Å². The zero-order valence-corrected chi connectivity index (χ0v) is 11.6. The normalized spacial score (nSPS) is 19.2. The first-order valence-electron chi connectivity index (χ1n) is 6.44. The van der Waals surface area contributed by atoms with Gasteiger partial charge >= 0.3 is 0 Å². The van der Waals surface area contributed by atoms with Gasteiger partial charge < -0.3 is 0 Å². The molecule has 0 saturated carbocycles. The Bertz CT molecular complexity index is 609. The van der Waals surface area contributed by atoms with Gasteiger partial charge in [-0.3, -0.25) is 15.1 Å². The van der Waals surface area contributed by atoms with E-state index in [0.29, 0.717) is 11.6 Å². The zero-order chi connectivity index (χ0) is 13.9. The van der Waals surface area contributed by atoms with E-state index in [2.05, 4.69) is 0 Å². The van der Waals surface area contributed by atoms with Crippen LogP contribution in [0.3, 0.4) is 0 Å². The Kier molecular flexibility index (Phi) is 3.56. The Morgan fingerprint density at radius 3 is 2.20 bits per heavy atom. The highest BCUT2D eigenvalue weighted by molar-refractivity contribution is 8.14. The van der Waals surface area contributed by atoms with Gasteiger partial charge in [0.05, 0.1) is 5.69 Å². The van der Waals surface area contributed by atoms with E-state index in [4.69, 9.17) is 5.41 Å². The lowest BCUT2D eigenvalue weighted by Crippen LogP contribution is -2.39. The molecule has 0 spiro atoms. The lowest BCUT2D eigenvalue weighted by Gasteiger charge is -2.31. The minimum atomic E-state index is -0.0196. The van der Waals surface area contributed by atoms with Crippen LogP contribution in [0.4, 0.5) is 5.69 Å². The lowest BCUT2D eigenvalue weighted by molar-refractivity contribution is -0.117. The summed E-state index contributed by atoms with van der Waals surface area (Å²) >= 11 is 1.43. The van der Waals surface area contributed by atoms with Crippen LogP contribution in [0.5, 0.6) is 0 Å². The highest BCUT2D eigenvalue weighted by Gasteiger charge is 2.32. The number of carbonyl (C=O) groups is 1. The van der Waals surface area contributed by atoms with E-state index in [0.717, 1.165) is 11.3 Å². The molecular formula is C16H14N2OS. The van der Waals surface area contributed by atoms with Gasteiger partial charge in [0.2, 0.25) is 5.91 Å². The molecule has 1 N–H and O–H groups in total. The number of rotatable bonds is 2. The molecular weight excluding hydrogens is 268 g/mol. The molecule has 1 heterocycles. The maximum absolute atomic E-state index is 12.4. The first kappa shape index (κ1) is 12.9. The molecule has 0 unspecified atom stereocenters. The second-order valence-electron chi connectivity index (χ2n) is 4.59. The molecule has 0 bridgehead atoms. The molecule has 1 aliphatic heterocycles. The Labute approximate surface area is 122 Å². The zero-order valence-electron chi connectivity index (χ0n) is 10.8. The van der Waals surface area contributed by atoms with E-state index < -0.39 is 0 Å². The van der Waals surface area contributed by atoms with Crippen molar-refractivity contribution in [2.24, 2.45) is 0 Å². The van der Waals surface area contributed by atoms with Crippen LogP contribution in [0.1, 0.15) is 17.2 Å². The Balaban J connectivity index is 1.84. The highest BCUT2D eigenvalue weighted by Crippen LogP contribution is 2.39. The first-order chi connectivity index (χ1) is 9.75. The Morgan fingerprint density at radius 1 is 1.00 bits per heavy atom. The second-order valence-corrected chi connectivity index (χ2v) is 5.78. The summed E-state index contributed by atoms with van der Waals surface area (Å²) in [4.78, 5) is 13.9. The third-order valence-electron chi connectivity index (χ3n) is 3.25. The molecule has 3 rings (SSSR count). The van der Waals surface area contributed by atoms with E-state index in [1.54, 1.807) is 0 Å². The predicted octanol–water partition coefficient (Wildman–Crippen LogP) is 3.83. The maximum atomic E-state index is 12.4. The fraction of sp³-hybridized carbons (Fsp3) is 0.125. The number of amidine groups is 1. The Hall–Kier alpha value is -2.07. The van der Waals surface area contributed by atoms with E-state index in [-0.39, 0.29) is 11.2 Å². The summed E-state index contributed by atoms with van der Waals surface area (Å²) in [5.41, 5.74) is 1.87. The van der Waals surface area contributed by atoms with E-state index >= 15 is 0 Å². The average molecular weight is 282 g/mol. The summed E-state index contributed by atoms with van der Waals surface area (Å²) in [6, 6.07) is 19.3. The first-order valence-corrected chi connectivity index (χ1v) is 7.32. The highest BCUT2D eigenvalue weighted by atomic mass is 32.2. The average Bonchev–Trinajstić information content (AvgIpc) is 2.48. The molecule has 1 saturated heterocycles. The molecule has 2 aromatic carbocycles. The van der Waals surface area contributed by atoms with Crippen LogP contribution in [0.2, 0.25) is 0 Å². The van der Waals surface area contributed by atoms with Crippen molar-refractivity contribution in [2.75, 3.05) is 4.90 Å². The molecule has 2 aromatic rings. The van der Waals surface area contributed by atoms with Gasteiger partial charge in [-0.1, -0.05) is 60.3 Å². The van der Waals surface area contributed by atoms with Gasteiger partial charge in [-0.25, -0.2) is 0 Å². The molecule has 1 aliphatic rings. The number of thioether (sulfide) groups is 1. The van der Waals surface area contributed by atoms with Gasteiger partial charge in [-0.2, -0.15) is 0 Å². The third kappa shape index (κ3) is 2.47. The molecule has 3 nitrogen and oxygen atoms in total. The van der Waals surface area contributed by atoms with Crippen LogP contribution in [0, 0.1) is 5.41 Å². The van der Waals surface area contributed by atoms with Crippen molar-refractivity contribution < 1.29 is 4.79 Å².